The summed E-state index contributed by atoms with van der Waals surface area (Å²) in [5.74, 6) is 0.681. The van der Waals surface area contributed by atoms with Gasteiger partial charge >= 0.3 is 0 Å². The third-order valence-corrected chi connectivity index (χ3v) is 4.64. The summed E-state index contributed by atoms with van der Waals surface area (Å²) in [4.78, 5) is 1.46. The van der Waals surface area contributed by atoms with E-state index in [9.17, 15) is 0 Å². The molecule has 0 nitrogen and oxygen atoms in total. The van der Waals surface area contributed by atoms with Gasteiger partial charge in [-0.3, -0.25) is 0 Å². The van der Waals surface area contributed by atoms with Crippen molar-refractivity contribution >= 4 is 43.2 Å². The molecule has 0 fully saturated rings. The van der Waals surface area contributed by atoms with Crippen molar-refractivity contribution in [3.05, 3.63) is 19.2 Å². The highest BCUT2D eigenvalue weighted by Crippen LogP contribution is 2.37. The number of hydrogen-bond donors (Lipinski definition) is 0. The highest BCUT2D eigenvalue weighted by molar-refractivity contribution is 9.11. The first-order valence-corrected chi connectivity index (χ1v) is 6.50. The van der Waals surface area contributed by atoms with Gasteiger partial charge in [0.15, 0.2) is 0 Å². The van der Waals surface area contributed by atoms with Crippen molar-refractivity contribution in [3.8, 4) is 0 Å². The summed E-state index contributed by atoms with van der Waals surface area (Å²) < 4.78 is 2.47. The van der Waals surface area contributed by atoms with Crippen molar-refractivity contribution in [3.63, 3.8) is 0 Å². The molecule has 0 amide bonds. The van der Waals surface area contributed by atoms with Gasteiger partial charge in [0.1, 0.15) is 0 Å². The number of rotatable bonds is 3. The van der Waals surface area contributed by atoms with Gasteiger partial charge in [-0.25, -0.2) is 0 Å². The molecule has 0 aliphatic heterocycles. The molecule has 0 aromatic carbocycles. The van der Waals surface area contributed by atoms with Gasteiger partial charge in [0.2, 0.25) is 0 Å². The van der Waals surface area contributed by atoms with Gasteiger partial charge in [0.05, 0.1) is 3.79 Å². The van der Waals surface area contributed by atoms with Crippen LogP contribution in [0.15, 0.2) is 14.3 Å². The van der Waals surface area contributed by atoms with Crippen LogP contribution in [0, 0.1) is 0 Å². The van der Waals surface area contributed by atoms with E-state index in [1.54, 1.807) is 0 Å². The zero-order valence-electron chi connectivity index (χ0n) is 7.23. The highest BCUT2D eigenvalue weighted by Gasteiger charge is 2.11. The van der Waals surface area contributed by atoms with Gasteiger partial charge in [-0.15, -0.1) is 11.3 Å². The summed E-state index contributed by atoms with van der Waals surface area (Å²) in [6, 6.07) is 2.13. The SMILES string of the molecule is CCC[C@H](C)c1sc(Br)cc1Br. The third-order valence-electron chi connectivity index (χ3n) is 1.85. The molecule has 0 unspecified atom stereocenters. The lowest BCUT2D eigenvalue weighted by atomic mass is 10.1. The summed E-state index contributed by atoms with van der Waals surface area (Å²) >= 11 is 8.89. The molecule has 1 aromatic heterocycles. The van der Waals surface area contributed by atoms with E-state index in [0.717, 1.165) is 0 Å². The largest absolute Gasteiger partial charge is 0.132 e. The predicted molar refractivity (Wildman–Crippen MR) is 63.0 cm³/mol. The van der Waals surface area contributed by atoms with Crippen molar-refractivity contribution in [2.24, 2.45) is 0 Å². The molecule has 1 atom stereocenters. The zero-order chi connectivity index (χ0) is 9.14. The van der Waals surface area contributed by atoms with Crippen molar-refractivity contribution < 1.29 is 0 Å². The van der Waals surface area contributed by atoms with Crippen molar-refractivity contribution in [2.45, 2.75) is 32.6 Å². The first kappa shape index (κ1) is 10.7. The second kappa shape index (κ2) is 4.77. The topological polar surface area (TPSA) is 0 Å². The van der Waals surface area contributed by atoms with Crippen molar-refractivity contribution in [2.75, 3.05) is 0 Å². The Morgan fingerprint density at radius 3 is 2.58 bits per heavy atom. The number of hydrogen-bond acceptors (Lipinski definition) is 1. The Morgan fingerprint density at radius 2 is 2.17 bits per heavy atom. The van der Waals surface area contributed by atoms with Crippen LogP contribution >= 0.6 is 43.2 Å². The van der Waals surface area contributed by atoms with Crippen LogP contribution in [0.5, 0.6) is 0 Å². The van der Waals surface area contributed by atoms with Gasteiger partial charge in [-0.1, -0.05) is 20.3 Å². The monoisotopic (exact) mass is 310 g/mol. The van der Waals surface area contributed by atoms with Gasteiger partial charge in [-0.05, 0) is 50.3 Å². The molecule has 0 aliphatic carbocycles. The van der Waals surface area contributed by atoms with Crippen LogP contribution in [-0.2, 0) is 0 Å². The van der Waals surface area contributed by atoms with E-state index >= 15 is 0 Å². The van der Waals surface area contributed by atoms with Crippen LogP contribution in [0.1, 0.15) is 37.5 Å². The second-order valence-corrected chi connectivity index (χ2v) is 6.27. The maximum atomic E-state index is 3.57. The second-order valence-electron chi connectivity index (χ2n) is 2.95. The third kappa shape index (κ3) is 2.57. The van der Waals surface area contributed by atoms with E-state index in [1.807, 2.05) is 11.3 Å². The summed E-state index contributed by atoms with van der Waals surface area (Å²) in [6.45, 7) is 4.51. The Morgan fingerprint density at radius 1 is 1.50 bits per heavy atom. The van der Waals surface area contributed by atoms with E-state index in [-0.39, 0.29) is 0 Å². The lowest BCUT2D eigenvalue weighted by molar-refractivity contribution is 0.673. The summed E-state index contributed by atoms with van der Waals surface area (Å²) in [7, 11) is 0. The standard InChI is InChI=1S/C9H12Br2S/c1-3-4-6(2)9-7(10)5-8(11)12-9/h5-6H,3-4H2,1-2H3/t6-/m0/s1. The van der Waals surface area contributed by atoms with Crippen LogP contribution < -0.4 is 0 Å². The summed E-state index contributed by atoms with van der Waals surface area (Å²) in [6.07, 6.45) is 2.52. The lowest BCUT2D eigenvalue weighted by Gasteiger charge is -2.07. The Hall–Kier alpha value is 0.660. The van der Waals surface area contributed by atoms with Gasteiger partial charge in [0, 0.05) is 9.35 Å². The molecule has 0 saturated heterocycles. The van der Waals surface area contributed by atoms with E-state index in [0.29, 0.717) is 5.92 Å². The minimum Gasteiger partial charge on any atom is -0.132 e. The minimum absolute atomic E-state index is 0.681. The Bertz CT molecular complexity index is 255. The Labute approximate surface area is 94.6 Å². The molecule has 0 radical (unpaired) electrons. The van der Waals surface area contributed by atoms with Crippen molar-refractivity contribution in [1.29, 1.82) is 0 Å². The molecule has 3 heteroatoms. The fourth-order valence-corrected chi connectivity index (χ4v) is 4.19. The van der Waals surface area contributed by atoms with E-state index in [2.05, 4.69) is 51.8 Å². The molecular formula is C9H12Br2S. The smallest absolute Gasteiger partial charge is 0.0713 e. The normalized spacial score (nSPS) is 13.3. The van der Waals surface area contributed by atoms with E-state index in [1.165, 1.54) is 26.0 Å². The van der Waals surface area contributed by atoms with E-state index < -0.39 is 0 Å². The first-order valence-electron chi connectivity index (χ1n) is 4.09. The Kier molecular flexibility index (Phi) is 4.27. The van der Waals surface area contributed by atoms with Gasteiger partial charge in [0.25, 0.3) is 0 Å². The summed E-state index contributed by atoms with van der Waals surface area (Å²) in [5, 5.41) is 0. The van der Waals surface area contributed by atoms with Crippen LogP contribution in [0.3, 0.4) is 0 Å². The average Bonchev–Trinajstić information content (AvgIpc) is 2.30. The molecule has 0 bridgehead atoms. The molecule has 0 aliphatic rings. The molecule has 0 spiro atoms. The molecule has 0 N–H and O–H groups in total. The van der Waals surface area contributed by atoms with Crippen LogP contribution in [0.2, 0.25) is 0 Å². The fraction of sp³-hybridized carbons (Fsp3) is 0.556. The number of thiophene rings is 1. The molecule has 12 heavy (non-hydrogen) atoms. The number of halogens is 2. The zero-order valence-corrected chi connectivity index (χ0v) is 11.2. The molecule has 1 rings (SSSR count). The lowest BCUT2D eigenvalue weighted by Crippen LogP contribution is -1.88. The highest BCUT2D eigenvalue weighted by atomic mass is 79.9. The quantitative estimate of drug-likeness (QED) is 0.722. The molecule has 68 valence electrons. The fourth-order valence-electron chi connectivity index (χ4n) is 1.25. The van der Waals surface area contributed by atoms with E-state index in [4.69, 9.17) is 0 Å². The average molecular weight is 312 g/mol. The van der Waals surface area contributed by atoms with Crippen LogP contribution in [0.25, 0.3) is 0 Å². The molecule has 1 aromatic rings. The maximum Gasteiger partial charge on any atom is 0.0713 e. The summed E-state index contributed by atoms with van der Waals surface area (Å²) in [5.41, 5.74) is 0. The minimum atomic E-state index is 0.681. The van der Waals surface area contributed by atoms with Crippen molar-refractivity contribution in [1.82, 2.24) is 0 Å². The van der Waals surface area contributed by atoms with Gasteiger partial charge < -0.3 is 0 Å². The molecule has 0 saturated carbocycles. The van der Waals surface area contributed by atoms with Crippen LogP contribution in [-0.4, -0.2) is 0 Å². The maximum absolute atomic E-state index is 3.57. The molecule has 1 heterocycles. The van der Waals surface area contributed by atoms with Crippen LogP contribution in [0.4, 0.5) is 0 Å². The Balaban J connectivity index is 2.79. The predicted octanol–water partition coefficient (Wildman–Crippen LogP) is 5.18. The molecular weight excluding hydrogens is 300 g/mol. The van der Waals surface area contributed by atoms with Gasteiger partial charge in [-0.2, -0.15) is 0 Å². The first-order chi connectivity index (χ1) is 5.65.